The molecule has 0 unspecified atom stereocenters. The summed E-state index contributed by atoms with van der Waals surface area (Å²) in [6, 6.07) is 15.2. The first-order valence-corrected chi connectivity index (χ1v) is 7.94. The lowest BCUT2D eigenvalue weighted by Crippen LogP contribution is -2.44. The average molecular weight is 344 g/mol. The molecular formula is C19H25BO5. The number of aliphatic hydroxyl groups is 2. The average Bonchev–Trinajstić information content (AvgIpc) is 2.54. The van der Waals surface area contributed by atoms with Crippen LogP contribution in [0.1, 0.15) is 43.6 Å². The first-order valence-electron chi connectivity index (χ1n) is 7.94. The number of ketones is 1. The standard InChI is InChI=1S/C13H11BO3.C6H14O2/c15-13(10-4-2-1-3-5-10)11-6-8-12(9-7-11)14(16)17;1-5(2,7)6(3,4)8/h1-9,16-17H;7-8H,1-4H3. The van der Waals surface area contributed by atoms with Crippen molar-refractivity contribution in [1.82, 2.24) is 0 Å². The number of rotatable bonds is 4. The topological polar surface area (TPSA) is 98.0 Å². The van der Waals surface area contributed by atoms with Crippen molar-refractivity contribution in [2.75, 3.05) is 0 Å². The van der Waals surface area contributed by atoms with Gasteiger partial charge in [-0.05, 0) is 33.2 Å². The molecule has 0 radical (unpaired) electrons. The van der Waals surface area contributed by atoms with E-state index in [1.54, 1.807) is 64.1 Å². The van der Waals surface area contributed by atoms with Crippen molar-refractivity contribution in [2.45, 2.75) is 38.9 Å². The van der Waals surface area contributed by atoms with Crippen molar-refractivity contribution in [1.29, 1.82) is 0 Å². The molecule has 0 amide bonds. The van der Waals surface area contributed by atoms with Gasteiger partial charge in [-0.2, -0.15) is 0 Å². The highest BCUT2D eigenvalue weighted by molar-refractivity contribution is 6.58. The Morgan fingerprint density at radius 1 is 0.760 bits per heavy atom. The predicted octanol–water partition coefficient (Wildman–Crippen LogP) is 1.13. The molecule has 0 aliphatic heterocycles. The summed E-state index contributed by atoms with van der Waals surface area (Å²) in [5.74, 6) is -0.0791. The van der Waals surface area contributed by atoms with E-state index >= 15 is 0 Å². The maximum Gasteiger partial charge on any atom is 0.488 e. The fourth-order valence-electron chi connectivity index (χ4n) is 1.56. The van der Waals surface area contributed by atoms with E-state index < -0.39 is 18.3 Å². The SMILES string of the molecule is CC(C)(O)C(C)(C)O.O=C(c1ccccc1)c1ccc(B(O)O)cc1. The Hall–Kier alpha value is -1.99. The zero-order valence-corrected chi connectivity index (χ0v) is 15.0. The third kappa shape index (κ3) is 6.44. The van der Waals surface area contributed by atoms with Crippen LogP contribution in [0.5, 0.6) is 0 Å². The minimum atomic E-state index is -1.50. The molecule has 5 nitrogen and oxygen atoms in total. The quantitative estimate of drug-likeness (QED) is 0.492. The van der Waals surface area contributed by atoms with E-state index in [1.807, 2.05) is 6.07 Å². The lowest BCUT2D eigenvalue weighted by molar-refractivity contribution is -0.107. The van der Waals surface area contributed by atoms with Gasteiger partial charge in [-0.25, -0.2) is 0 Å². The van der Waals surface area contributed by atoms with Gasteiger partial charge in [0, 0.05) is 11.1 Å². The molecule has 0 bridgehead atoms. The number of benzene rings is 2. The second kappa shape index (κ2) is 8.40. The number of carbonyl (C=O) groups is 1. The Labute approximate surface area is 148 Å². The van der Waals surface area contributed by atoms with Gasteiger partial charge in [0.2, 0.25) is 0 Å². The molecule has 25 heavy (non-hydrogen) atoms. The minimum Gasteiger partial charge on any atom is -0.423 e. The largest absolute Gasteiger partial charge is 0.488 e. The van der Waals surface area contributed by atoms with Crippen molar-refractivity contribution in [3.8, 4) is 0 Å². The van der Waals surface area contributed by atoms with Gasteiger partial charge in [0.05, 0.1) is 11.2 Å². The first-order chi connectivity index (χ1) is 11.4. The van der Waals surface area contributed by atoms with Gasteiger partial charge < -0.3 is 20.3 Å². The van der Waals surface area contributed by atoms with Crippen LogP contribution in [0.15, 0.2) is 54.6 Å². The molecule has 2 aromatic rings. The number of hydrogen-bond donors (Lipinski definition) is 4. The Morgan fingerprint density at radius 2 is 1.16 bits per heavy atom. The molecule has 0 saturated heterocycles. The normalized spacial score (nSPS) is 11.4. The van der Waals surface area contributed by atoms with Gasteiger partial charge in [-0.1, -0.05) is 54.6 Å². The van der Waals surface area contributed by atoms with Crippen molar-refractivity contribution >= 4 is 18.4 Å². The van der Waals surface area contributed by atoms with Crippen molar-refractivity contribution < 1.29 is 25.1 Å². The van der Waals surface area contributed by atoms with Gasteiger partial charge in [0.15, 0.2) is 5.78 Å². The van der Waals surface area contributed by atoms with Crippen LogP contribution in [0.2, 0.25) is 0 Å². The molecule has 0 saturated carbocycles. The van der Waals surface area contributed by atoms with E-state index in [9.17, 15) is 4.79 Å². The maximum absolute atomic E-state index is 12.0. The van der Waals surface area contributed by atoms with Crippen molar-refractivity contribution in [3.63, 3.8) is 0 Å². The molecular weight excluding hydrogens is 319 g/mol. The molecule has 0 spiro atoms. The third-order valence-electron chi connectivity index (χ3n) is 4.00. The monoisotopic (exact) mass is 344 g/mol. The zero-order valence-electron chi connectivity index (χ0n) is 15.0. The van der Waals surface area contributed by atoms with E-state index in [1.165, 1.54) is 12.1 Å². The van der Waals surface area contributed by atoms with Crippen LogP contribution in [0.3, 0.4) is 0 Å². The van der Waals surface area contributed by atoms with Crippen LogP contribution < -0.4 is 5.46 Å². The van der Waals surface area contributed by atoms with Crippen molar-refractivity contribution in [2.24, 2.45) is 0 Å². The molecule has 6 heteroatoms. The van der Waals surface area contributed by atoms with E-state index in [0.717, 1.165) is 0 Å². The summed E-state index contributed by atoms with van der Waals surface area (Å²) < 4.78 is 0. The molecule has 0 aliphatic rings. The van der Waals surface area contributed by atoms with Crippen LogP contribution in [-0.4, -0.2) is 44.4 Å². The van der Waals surface area contributed by atoms with Crippen molar-refractivity contribution in [3.05, 3.63) is 65.7 Å². The van der Waals surface area contributed by atoms with Crippen LogP contribution in [0.4, 0.5) is 0 Å². The highest BCUT2D eigenvalue weighted by Gasteiger charge is 2.31. The predicted molar refractivity (Wildman–Crippen MR) is 98.7 cm³/mol. The number of hydrogen-bond acceptors (Lipinski definition) is 5. The van der Waals surface area contributed by atoms with Gasteiger partial charge in [-0.3, -0.25) is 4.79 Å². The molecule has 134 valence electrons. The second-order valence-electron chi connectivity index (χ2n) is 6.81. The van der Waals surface area contributed by atoms with Gasteiger partial charge in [0.1, 0.15) is 0 Å². The van der Waals surface area contributed by atoms with Gasteiger partial charge in [0.25, 0.3) is 0 Å². The summed E-state index contributed by atoms with van der Waals surface area (Å²) in [6.45, 7) is 6.31. The Kier molecular flexibility index (Phi) is 7.08. The van der Waals surface area contributed by atoms with Gasteiger partial charge in [-0.15, -0.1) is 0 Å². The summed E-state index contributed by atoms with van der Waals surface area (Å²) >= 11 is 0. The second-order valence-corrected chi connectivity index (χ2v) is 6.81. The van der Waals surface area contributed by atoms with E-state index in [4.69, 9.17) is 20.3 Å². The lowest BCUT2D eigenvalue weighted by atomic mass is 9.80. The summed E-state index contributed by atoms with van der Waals surface area (Å²) in [4.78, 5) is 12.0. The highest BCUT2D eigenvalue weighted by atomic mass is 16.4. The van der Waals surface area contributed by atoms with Crippen LogP contribution in [0, 0.1) is 0 Å². The Morgan fingerprint density at radius 3 is 1.52 bits per heavy atom. The third-order valence-corrected chi connectivity index (χ3v) is 4.00. The summed E-state index contributed by atoms with van der Waals surface area (Å²) in [5.41, 5.74) is -0.500. The Bertz CT molecular complexity index is 656. The lowest BCUT2D eigenvalue weighted by Gasteiger charge is -2.31. The summed E-state index contributed by atoms with van der Waals surface area (Å²) in [5, 5.41) is 36.1. The van der Waals surface area contributed by atoms with Crippen LogP contribution in [-0.2, 0) is 0 Å². The summed E-state index contributed by atoms with van der Waals surface area (Å²) in [7, 11) is -1.50. The first kappa shape index (κ1) is 21.1. The Balaban J connectivity index is 0.000000333. The molecule has 0 aliphatic carbocycles. The van der Waals surface area contributed by atoms with E-state index in [0.29, 0.717) is 16.6 Å². The smallest absolute Gasteiger partial charge is 0.423 e. The summed E-state index contributed by atoms with van der Waals surface area (Å²) in [6.07, 6.45) is 0. The van der Waals surface area contributed by atoms with E-state index in [-0.39, 0.29) is 5.78 Å². The molecule has 2 aromatic carbocycles. The molecule has 0 heterocycles. The fraction of sp³-hybridized carbons (Fsp3) is 0.316. The molecule has 4 N–H and O–H groups in total. The molecule has 0 aromatic heterocycles. The van der Waals surface area contributed by atoms with Crippen LogP contribution in [0.25, 0.3) is 0 Å². The highest BCUT2D eigenvalue weighted by Crippen LogP contribution is 2.19. The molecule has 2 rings (SSSR count). The maximum atomic E-state index is 12.0. The molecule has 0 atom stereocenters. The minimum absolute atomic E-state index is 0.0791. The number of carbonyl (C=O) groups excluding carboxylic acids is 1. The van der Waals surface area contributed by atoms with E-state index in [2.05, 4.69) is 0 Å². The fourth-order valence-corrected chi connectivity index (χ4v) is 1.56. The van der Waals surface area contributed by atoms with Crippen LogP contribution >= 0.6 is 0 Å². The zero-order chi connectivity index (χ0) is 19.3. The van der Waals surface area contributed by atoms with Gasteiger partial charge >= 0.3 is 7.12 Å². The molecule has 0 fully saturated rings.